The molecule has 0 aliphatic carbocycles. The molecule has 1 saturated heterocycles. The van der Waals surface area contributed by atoms with E-state index in [9.17, 15) is 4.79 Å². The van der Waals surface area contributed by atoms with Crippen LogP contribution in [0.5, 0.6) is 5.75 Å². The average Bonchev–Trinajstić information content (AvgIpc) is 2.87. The minimum atomic E-state index is -0.330. The lowest BCUT2D eigenvalue weighted by atomic mass is 9.98. The highest BCUT2D eigenvalue weighted by molar-refractivity contribution is 6.31. The van der Waals surface area contributed by atoms with Crippen molar-refractivity contribution < 1.29 is 9.53 Å². The number of nitrogens with zero attached hydrogens (tertiary/aromatic N) is 3. The Morgan fingerprint density at radius 2 is 1.85 bits per heavy atom. The Balaban J connectivity index is 1.21. The second kappa shape index (κ2) is 11.6. The molecule has 34 heavy (non-hydrogen) atoms. The molecule has 2 N–H and O–H groups in total. The number of anilines is 2. The molecule has 176 valence electrons. The molecule has 2 aromatic carbocycles. The third kappa shape index (κ3) is 6.56. The maximum Gasteiger partial charge on any atom is 0.289 e. The number of ether oxygens (including phenoxy) is 1. The summed E-state index contributed by atoms with van der Waals surface area (Å²) in [7, 11) is 1.63. The van der Waals surface area contributed by atoms with Gasteiger partial charge in [0.2, 0.25) is 0 Å². The minimum absolute atomic E-state index is 0.312. The van der Waals surface area contributed by atoms with E-state index in [2.05, 4.69) is 31.8 Å². The Kier molecular flexibility index (Phi) is 8.12. The molecule has 0 radical (unpaired) electrons. The van der Waals surface area contributed by atoms with E-state index in [0.29, 0.717) is 11.6 Å². The number of pyridine rings is 1. The van der Waals surface area contributed by atoms with E-state index in [1.807, 2.05) is 54.7 Å². The van der Waals surface area contributed by atoms with Crippen LogP contribution in [0, 0.1) is 5.92 Å². The number of likely N-dealkylation sites (tertiary alicyclic amines) is 1. The van der Waals surface area contributed by atoms with Crippen LogP contribution in [-0.4, -0.2) is 42.2 Å². The van der Waals surface area contributed by atoms with Crippen molar-refractivity contribution in [3.05, 3.63) is 83.1 Å². The molecule has 0 saturated carbocycles. The van der Waals surface area contributed by atoms with Crippen molar-refractivity contribution in [3.8, 4) is 5.75 Å². The van der Waals surface area contributed by atoms with E-state index >= 15 is 0 Å². The molecule has 1 aliphatic heterocycles. The van der Waals surface area contributed by atoms with Crippen molar-refractivity contribution in [1.29, 1.82) is 0 Å². The highest BCUT2D eigenvalue weighted by Crippen LogP contribution is 2.22. The summed E-state index contributed by atoms with van der Waals surface area (Å²) in [5, 5.41) is 8.22. The third-order valence-corrected chi connectivity index (χ3v) is 6.18. The summed E-state index contributed by atoms with van der Waals surface area (Å²) in [6.45, 7) is 2.80. The van der Waals surface area contributed by atoms with E-state index in [4.69, 9.17) is 16.3 Å². The maximum atomic E-state index is 12.4. The molecule has 7 nitrogen and oxygen atoms in total. The number of hydrazone groups is 1. The number of hydrogen-bond donors (Lipinski definition) is 2. The number of amides is 1. The molecule has 0 unspecified atom stereocenters. The van der Waals surface area contributed by atoms with E-state index < -0.39 is 0 Å². The topological polar surface area (TPSA) is 78.8 Å². The summed E-state index contributed by atoms with van der Waals surface area (Å²) in [4.78, 5) is 19.0. The lowest BCUT2D eigenvalue weighted by molar-refractivity contribution is 0.0950. The molecule has 8 heteroatoms. The van der Waals surface area contributed by atoms with Gasteiger partial charge < -0.3 is 10.1 Å². The number of carbonyl (C=O) groups excluding carboxylic acids is 1. The van der Waals surface area contributed by atoms with E-state index in [-0.39, 0.29) is 5.91 Å². The van der Waals surface area contributed by atoms with Gasteiger partial charge in [-0.3, -0.25) is 9.69 Å². The van der Waals surface area contributed by atoms with Gasteiger partial charge in [0.05, 0.1) is 19.0 Å². The van der Waals surface area contributed by atoms with Gasteiger partial charge in [0.25, 0.3) is 5.91 Å². The van der Waals surface area contributed by atoms with Gasteiger partial charge in [-0.1, -0.05) is 29.8 Å². The summed E-state index contributed by atoms with van der Waals surface area (Å²) in [5.74, 6) is 0.800. The first kappa shape index (κ1) is 23.7. The molecule has 0 bridgehead atoms. The van der Waals surface area contributed by atoms with Crippen molar-refractivity contribution in [1.82, 2.24) is 15.3 Å². The van der Waals surface area contributed by atoms with Gasteiger partial charge in [0.1, 0.15) is 11.4 Å². The first-order valence-electron chi connectivity index (χ1n) is 11.3. The summed E-state index contributed by atoms with van der Waals surface area (Å²) in [5.41, 5.74) is 5.75. The Hall–Kier alpha value is -3.42. The molecule has 1 amide bonds. The lowest BCUT2D eigenvalue weighted by Gasteiger charge is -2.30. The number of halogens is 1. The van der Waals surface area contributed by atoms with Gasteiger partial charge >= 0.3 is 0 Å². The zero-order chi connectivity index (χ0) is 23.8. The molecule has 1 aliphatic rings. The van der Waals surface area contributed by atoms with Crippen LogP contribution in [0.4, 0.5) is 11.4 Å². The van der Waals surface area contributed by atoms with Gasteiger partial charge in [-0.25, -0.2) is 10.4 Å². The van der Waals surface area contributed by atoms with Crippen LogP contribution in [0.2, 0.25) is 5.02 Å². The fraction of sp³-hybridized carbons (Fsp3) is 0.269. The first-order valence-corrected chi connectivity index (χ1v) is 11.6. The number of rotatable bonds is 8. The molecule has 4 rings (SSSR count). The Morgan fingerprint density at radius 1 is 1.12 bits per heavy atom. The van der Waals surface area contributed by atoms with E-state index in [1.54, 1.807) is 19.4 Å². The SMILES string of the molecule is COc1ccc(Nc2ccc(C(=O)NN=CC3CCN(Cc4ccccc4Cl)CC3)nc2)cc1. The van der Waals surface area contributed by atoms with Crippen LogP contribution in [0.25, 0.3) is 0 Å². The minimum Gasteiger partial charge on any atom is -0.497 e. The highest BCUT2D eigenvalue weighted by Gasteiger charge is 2.18. The Morgan fingerprint density at radius 3 is 2.53 bits per heavy atom. The molecular formula is C26H28ClN5O2. The van der Waals surface area contributed by atoms with Crippen molar-refractivity contribution in [3.63, 3.8) is 0 Å². The molecular weight excluding hydrogens is 450 g/mol. The molecule has 2 heterocycles. The lowest BCUT2D eigenvalue weighted by Crippen LogP contribution is -2.34. The number of benzene rings is 2. The molecule has 0 spiro atoms. The number of aromatic nitrogens is 1. The number of methoxy groups -OCH3 is 1. The third-order valence-electron chi connectivity index (χ3n) is 5.81. The van der Waals surface area contributed by atoms with Crippen LogP contribution in [-0.2, 0) is 6.54 Å². The number of carbonyl (C=O) groups is 1. The fourth-order valence-electron chi connectivity index (χ4n) is 3.83. The molecule has 1 aromatic heterocycles. The molecule has 3 aromatic rings. The fourth-order valence-corrected chi connectivity index (χ4v) is 4.02. The standard InChI is InChI=1S/C26H28ClN5O2/c1-34-23-9-6-21(7-10-23)30-22-8-11-25(28-17-22)26(33)31-29-16-19-12-14-32(15-13-19)18-20-4-2-3-5-24(20)27/h2-11,16-17,19,30H,12-15,18H2,1H3,(H,31,33). The number of piperidine rings is 1. The number of nitrogens with one attached hydrogen (secondary N) is 2. The van der Waals surface area contributed by atoms with Crippen LogP contribution < -0.4 is 15.5 Å². The highest BCUT2D eigenvalue weighted by atomic mass is 35.5. The summed E-state index contributed by atoms with van der Waals surface area (Å²) >= 11 is 6.28. The zero-order valence-electron chi connectivity index (χ0n) is 19.1. The van der Waals surface area contributed by atoms with Crippen molar-refractivity contribution in [2.45, 2.75) is 19.4 Å². The largest absolute Gasteiger partial charge is 0.497 e. The smallest absolute Gasteiger partial charge is 0.289 e. The van der Waals surface area contributed by atoms with Gasteiger partial charge in [-0.2, -0.15) is 5.10 Å². The van der Waals surface area contributed by atoms with Gasteiger partial charge in [0, 0.05) is 23.5 Å². The predicted octanol–water partition coefficient (Wildman–Crippen LogP) is 5.12. The summed E-state index contributed by atoms with van der Waals surface area (Å²) in [6, 6.07) is 19.0. The van der Waals surface area contributed by atoms with Crippen molar-refractivity contribution in [2.75, 3.05) is 25.5 Å². The average molecular weight is 478 g/mol. The van der Waals surface area contributed by atoms with Crippen molar-refractivity contribution >= 4 is 35.1 Å². The number of hydrogen-bond acceptors (Lipinski definition) is 6. The quantitative estimate of drug-likeness (QED) is 0.348. The van der Waals surface area contributed by atoms with Gasteiger partial charge in [-0.15, -0.1) is 0 Å². The summed E-state index contributed by atoms with van der Waals surface area (Å²) in [6.07, 6.45) is 5.45. The zero-order valence-corrected chi connectivity index (χ0v) is 19.8. The van der Waals surface area contributed by atoms with Gasteiger partial charge in [-0.05, 0) is 79.9 Å². The van der Waals surface area contributed by atoms with Crippen LogP contribution in [0.3, 0.4) is 0 Å². The Labute approximate surface area is 204 Å². The normalized spacial score (nSPS) is 14.8. The predicted molar refractivity (Wildman–Crippen MR) is 136 cm³/mol. The monoisotopic (exact) mass is 477 g/mol. The van der Waals surface area contributed by atoms with Crippen LogP contribution in [0.15, 0.2) is 72.0 Å². The second-order valence-electron chi connectivity index (χ2n) is 8.21. The molecule has 0 atom stereocenters. The van der Waals surface area contributed by atoms with E-state index in [0.717, 1.165) is 60.2 Å². The summed E-state index contributed by atoms with van der Waals surface area (Å²) < 4.78 is 5.16. The Bertz CT molecular complexity index is 1110. The maximum absolute atomic E-state index is 12.4. The first-order chi connectivity index (χ1) is 16.6. The van der Waals surface area contributed by atoms with Crippen LogP contribution in [0.1, 0.15) is 28.9 Å². The molecule has 1 fully saturated rings. The second-order valence-corrected chi connectivity index (χ2v) is 8.62. The van der Waals surface area contributed by atoms with E-state index in [1.165, 1.54) is 0 Å². The van der Waals surface area contributed by atoms with Gasteiger partial charge in [0.15, 0.2) is 0 Å². The van der Waals surface area contributed by atoms with Crippen LogP contribution >= 0.6 is 11.6 Å². The van der Waals surface area contributed by atoms with Crippen molar-refractivity contribution in [2.24, 2.45) is 11.0 Å².